The molecule has 0 bridgehead atoms. The number of carboxylic acids is 1. The maximum Gasteiger partial charge on any atom is 0.511 e. The molecule has 0 aliphatic heterocycles. The second kappa shape index (κ2) is 10.7. The zero-order valence-corrected chi connectivity index (χ0v) is 18.8. The molecular weight excluding hydrogens is 424 g/mol. The Balaban J connectivity index is 1.98. The molecule has 0 aliphatic rings. The van der Waals surface area contributed by atoms with Gasteiger partial charge in [0.05, 0.1) is 12.2 Å². The molecule has 0 unspecified atom stereocenters. The molecular formula is C25H28N2O6. The van der Waals surface area contributed by atoms with Gasteiger partial charge in [-0.1, -0.05) is 62.7 Å². The summed E-state index contributed by atoms with van der Waals surface area (Å²) >= 11 is 0. The molecule has 3 aromatic rings. The van der Waals surface area contributed by atoms with Crippen LogP contribution in [0.5, 0.6) is 5.75 Å². The standard InChI is InChI=1S/C25H28N2O6/c1-3-5-9-20-22(23(28)29)26(15-4-2)24(30)27(20)16-17-11-13-18(14-12-17)19-8-6-7-10-21(19)33-25(31)32/h6-8,10-14H,3-5,9,15-16H2,1-2H3,(H,28,29)(H,31,32). The van der Waals surface area contributed by atoms with Crippen LogP contribution in [0.25, 0.3) is 11.1 Å². The summed E-state index contributed by atoms with van der Waals surface area (Å²) in [6, 6.07) is 14.2. The zero-order chi connectivity index (χ0) is 24.0. The van der Waals surface area contributed by atoms with Crippen LogP contribution in [-0.2, 0) is 19.5 Å². The van der Waals surface area contributed by atoms with Crippen molar-refractivity contribution in [3.05, 3.63) is 76.0 Å². The Morgan fingerprint density at radius 3 is 2.24 bits per heavy atom. The summed E-state index contributed by atoms with van der Waals surface area (Å²) < 4.78 is 7.79. The average molecular weight is 453 g/mol. The van der Waals surface area contributed by atoms with Gasteiger partial charge in [0, 0.05) is 12.1 Å². The number of carbonyl (C=O) groups is 2. The van der Waals surface area contributed by atoms with E-state index in [4.69, 9.17) is 9.84 Å². The third-order valence-electron chi connectivity index (χ3n) is 5.44. The number of aromatic carboxylic acids is 1. The Bertz CT molecular complexity index is 1190. The molecule has 0 fully saturated rings. The number of nitrogens with zero attached hydrogens (tertiary/aromatic N) is 2. The van der Waals surface area contributed by atoms with Gasteiger partial charge in [-0.05, 0) is 36.5 Å². The first kappa shape index (κ1) is 23.8. The smallest absolute Gasteiger partial charge is 0.477 e. The highest BCUT2D eigenvalue weighted by Crippen LogP contribution is 2.30. The Hall–Kier alpha value is -3.81. The van der Waals surface area contributed by atoms with E-state index in [9.17, 15) is 19.5 Å². The fraction of sp³-hybridized carbons (Fsp3) is 0.320. The topological polar surface area (TPSA) is 111 Å². The van der Waals surface area contributed by atoms with Crippen molar-refractivity contribution in [1.29, 1.82) is 0 Å². The Labute approximate surface area is 191 Å². The number of hydrogen-bond acceptors (Lipinski definition) is 4. The number of para-hydroxylation sites is 1. The Morgan fingerprint density at radius 1 is 0.939 bits per heavy atom. The average Bonchev–Trinajstić information content (AvgIpc) is 3.04. The van der Waals surface area contributed by atoms with E-state index < -0.39 is 12.1 Å². The number of hydrogen-bond donors (Lipinski definition) is 2. The summed E-state index contributed by atoms with van der Waals surface area (Å²) in [7, 11) is 0. The van der Waals surface area contributed by atoms with Crippen molar-refractivity contribution in [2.24, 2.45) is 0 Å². The first-order chi connectivity index (χ1) is 15.9. The quantitative estimate of drug-likeness (QED) is 0.335. The fourth-order valence-corrected chi connectivity index (χ4v) is 3.93. The minimum Gasteiger partial charge on any atom is -0.477 e. The summed E-state index contributed by atoms with van der Waals surface area (Å²) in [6.07, 6.45) is 1.46. The van der Waals surface area contributed by atoms with Crippen molar-refractivity contribution < 1.29 is 24.5 Å². The molecule has 174 valence electrons. The number of benzene rings is 2. The number of rotatable bonds is 10. The second-order valence-corrected chi connectivity index (χ2v) is 7.79. The van der Waals surface area contributed by atoms with E-state index in [-0.39, 0.29) is 23.7 Å². The predicted molar refractivity (Wildman–Crippen MR) is 124 cm³/mol. The molecule has 8 nitrogen and oxygen atoms in total. The van der Waals surface area contributed by atoms with Gasteiger partial charge in [0.15, 0.2) is 5.69 Å². The van der Waals surface area contributed by atoms with Gasteiger partial charge < -0.3 is 14.9 Å². The van der Waals surface area contributed by atoms with E-state index in [0.717, 1.165) is 24.0 Å². The van der Waals surface area contributed by atoms with Crippen molar-refractivity contribution in [3.8, 4) is 16.9 Å². The fourth-order valence-electron chi connectivity index (χ4n) is 3.93. The van der Waals surface area contributed by atoms with Crippen LogP contribution in [0.15, 0.2) is 53.3 Å². The molecule has 0 spiro atoms. The molecule has 0 amide bonds. The van der Waals surface area contributed by atoms with Gasteiger partial charge in [-0.25, -0.2) is 14.4 Å². The lowest BCUT2D eigenvalue weighted by Crippen LogP contribution is -2.26. The molecule has 8 heteroatoms. The molecule has 2 aromatic carbocycles. The number of imidazole rings is 1. The number of ether oxygens (including phenoxy) is 1. The summed E-state index contributed by atoms with van der Waals surface area (Å²) in [5.74, 6) is -0.852. The van der Waals surface area contributed by atoms with Gasteiger partial charge in [0.1, 0.15) is 5.75 Å². The molecule has 0 atom stereocenters. The molecule has 0 radical (unpaired) electrons. The molecule has 3 rings (SSSR count). The van der Waals surface area contributed by atoms with E-state index in [2.05, 4.69) is 0 Å². The van der Waals surface area contributed by atoms with Gasteiger partial charge in [0.2, 0.25) is 0 Å². The van der Waals surface area contributed by atoms with E-state index in [1.807, 2.05) is 38.1 Å². The second-order valence-electron chi connectivity index (χ2n) is 7.79. The third-order valence-corrected chi connectivity index (χ3v) is 5.44. The van der Waals surface area contributed by atoms with Gasteiger partial charge in [-0.15, -0.1) is 0 Å². The molecule has 0 saturated heterocycles. The van der Waals surface area contributed by atoms with Crippen LogP contribution in [0.4, 0.5) is 4.79 Å². The molecule has 0 saturated carbocycles. The van der Waals surface area contributed by atoms with Crippen LogP contribution in [0.3, 0.4) is 0 Å². The van der Waals surface area contributed by atoms with Crippen LogP contribution in [0.2, 0.25) is 0 Å². The summed E-state index contributed by atoms with van der Waals surface area (Å²) in [4.78, 5) is 36.1. The minimum atomic E-state index is -1.39. The van der Waals surface area contributed by atoms with E-state index in [1.54, 1.807) is 28.8 Å². The van der Waals surface area contributed by atoms with Crippen LogP contribution >= 0.6 is 0 Å². The monoisotopic (exact) mass is 452 g/mol. The molecule has 0 aliphatic carbocycles. The molecule has 2 N–H and O–H groups in total. The van der Waals surface area contributed by atoms with Crippen molar-refractivity contribution in [2.45, 2.75) is 52.6 Å². The van der Waals surface area contributed by atoms with Gasteiger partial charge in [0.25, 0.3) is 0 Å². The number of carboxylic acid groups (broad SMARTS) is 2. The third kappa shape index (κ3) is 5.34. The van der Waals surface area contributed by atoms with Gasteiger partial charge in [-0.2, -0.15) is 0 Å². The lowest BCUT2D eigenvalue weighted by Gasteiger charge is -2.11. The first-order valence-corrected chi connectivity index (χ1v) is 11.0. The molecule has 33 heavy (non-hydrogen) atoms. The van der Waals surface area contributed by atoms with E-state index >= 15 is 0 Å². The largest absolute Gasteiger partial charge is 0.511 e. The summed E-state index contributed by atoms with van der Waals surface area (Å²) in [5.41, 5.74) is 2.54. The zero-order valence-electron chi connectivity index (χ0n) is 18.8. The van der Waals surface area contributed by atoms with Crippen LogP contribution < -0.4 is 10.4 Å². The first-order valence-electron chi connectivity index (χ1n) is 11.0. The number of unbranched alkanes of at least 4 members (excludes halogenated alkanes) is 1. The van der Waals surface area contributed by atoms with Crippen molar-refractivity contribution in [1.82, 2.24) is 9.13 Å². The van der Waals surface area contributed by atoms with E-state index in [0.29, 0.717) is 30.6 Å². The summed E-state index contributed by atoms with van der Waals surface area (Å²) in [5, 5.41) is 18.8. The Morgan fingerprint density at radius 2 is 1.64 bits per heavy atom. The van der Waals surface area contributed by atoms with Crippen molar-refractivity contribution in [3.63, 3.8) is 0 Å². The lowest BCUT2D eigenvalue weighted by molar-refractivity contribution is 0.0682. The highest BCUT2D eigenvalue weighted by atomic mass is 16.7. The normalized spacial score (nSPS) is 10.8. The predicted octanol–water partition coefficient (Wildman–Crippen LogP) is 4.87. The van der Waals surface area contributed by atoms with Crippen LogP contribution in [0, 0.1) is 0 Å². The lowest BCUT2D eigenvalue weighted by atomic mass is 10.0. The highest BCUT2D eigenvalue weighted by Gasteiger charge is 2.24. The SMILES string of the molecule is CCCCc1c(C(=O)O)n(CCC)c(=O)n1Cc1ccc(-c2ccccc2OC(=O)O)cc1. The van der Waals surface area contributed by atoms with Crippen molar-refractivity contribution in [2.75, 3.05) is 0 Å². The number of aromatic nitrogens is 2. The minimum absolute atomic E-state index is 0.0756. The van der Waals surface area contributed by atoms with Gasteiger partial charge in [-0.3, -0.25) is 9.13 Å². The highest BCUT2D eigenvalue weighted by molar-refractivity contribution is 5.87. The summed E-state index contributed by atoms with van der Waals surface area (Å²) in [6.45, 7) is 4.54. The van der Waals surface area contributed by atoms with Gasteiger partial charge >= 0.3 is 17.8 Å². The van der Waals surface area contributed by atoms with Crippen LogP contribution in [-0.4, -0.2) is 31.5 Å². The van der Waals surface area contributed by atoms with E-state index in [1.165, 1.54) is 4.57 Å². The Kier molecular flexibility index (Phi) is 7.71. The maximum atomic E-state index is 13.1. The molecule has 1 heterocycles. The van der Waals surface area contributed by atoms with Crippen molar-refractivity contribution >= 4 is 12.1 Å². The molecule has 1 aromatic heterocycles. The van der Waals surface area contributed by atoms with Crippen LogP contribution in [0.1, 0.15) is 54.9 Å². The maximum absolute atomic E-state index is 13.1.